The van der Waals surface area contributed by atoms with E-state index in [4.69, 9.17) is 4.74 Å². The summed E-state index contributed by atoms with van der Waals surface area (Å²) in [7, 11) is 4.35. The van der Waals surface area contributed by atoms with E-state index in [-0.39, 0.29) is 17.8 Å². The summed E-state index contributed by atoms with van der Waals surface area (Å²) in [6, 6.07) is 4.02. The van der Waals surface area contributed by atoms with E-state index in [1.165, 1.54) is 60.4 Å². The van der Waals surface area contributed by atoms with Crippen LogP contribution in [0.3, 0.4) is 0 Å². The number of aromatic hydroxyl groups is 1. The van der Waals surface area contributed by atoms with Gasteiger partial charge in [-0.2, -0.15) is 0 Å². The highest BCUT2D eigenvalue weighted by atomic mass is 32.1. The first-order valence-electron chi connectivity index (χ1n) is 12.4. The molecular weight excluding hydrogens is 559 g/mol. The van der Waals surface area contributed by atoms with Gasteiger partial charge in [-0.05, 0) is 17.7 Å². The van der Waals surface area contributed by atoms with Crippen molar-refractivity contribution in [2.45, 2.75) is 13.0 Å². The van der Waals surface area contributed by atoms with E-state index in [2.05, 4.69) is 14.9 Å². The number of morpholine rings is 1. The second kappa shape index (κ2) is 11.4. The Morgan fingerprint density at radius 2 is 1.88 bits per heavy atom. The molecule has 4 heterocycles. The first-order valence-corrected chi connectivity index (χ1v) is 14.0. The van der Waals surface area contributed by atoms with E-state index in [9.17, 15) is 23.9 Å². The number of rotatable bonds is 6. The van der Waals surface area contributed by atoms with Gasteiger partial charge in [-0.1, -0.05) is 17.4 Å². The number of halogens is 1. The second-order valence-electron chi connectivity index (χ2n) is 9.50. The van der Waals surface area contributed by atoms with Gasteiger partial charge in [-0.15, -0.1) is 11.3 Å². The highest BCUT2D eigenvalue weighted by Gasteiger charge is 2.25. The standard InChI is InChI=1S/C26H27FN6O5S2/c1-30(2)24(36)25(37)31(3)19-11-16(27)5-4-15(19)10-17-12-28-22(39-17)20-21(34)23(35)33-14-18(40-26(33)29-20)13-32-6-8-38-9-7-32/h4-5,11-12,14,34H,6-10,13H2,1-3H3. The van der Waals surface area contributed by atoms with Crippen molar-refractivity contribution in [3.8, 4) is 16.5 Å². The molecule has 1 fully saturated rings. The van der Waals surface area contributed by atoms with Crippen molar-refractivity contribution in [3.63, 3.8) is 0 Å². The molecular formula is C26H27FN6O5S2. The molecule has 4 aromatic rings. The molecule has 0 radical (unpaired) electrons. The van der Waals surface area contributed by atoms with Crippen LogP contribution in [0.25, 0.3) is 15.7 Å². The summed E-state index contributed by atoms with van der Waals surface area (Å²) in [6.45, 7) is 3.61. The van der Waals surface area contributed by atoms with Crippen LogP contribution < -0.4 is 10.5 Å². The molecule has 11 nitrogen and oxygen atoms in total. The van der Waals surface area contributed by atoms with Crippen LogP contribution in [0.1, 0.15) is 15.3 Å². The van der Waals surface area contributed by atoms with Crippen molar-refractivity contribution in [2.75, 3.05) is 52.3 Å². The number of anilines is 1. The molecule has 210 valence electrons. The highest BCUT2D eigenvalue weighted by Crippen LogP contribution is 2.33. The number of fused-ring (bicyclic) bond motifs is 1. The molecule has 0 spiro atoms. The van der Waals surface area contributed by atoms with Crippen LogP contribution in [0.2, 0.25) is 0 Å². The molecule has 0 unspecified atom stereocenters. The first-order chi connectivity index (χ1) is 19.1. The molecule has 1 aliphatic rings. The average molecular weight is 587 g/mol. The average Bonchev–Trinajstić information content (AvgIpc) is 3.57. The van der Waals surface area contributed by atoms with Gasteiger partial charge in [0.2, 0.25) is 5.75 Å². The van der Waals surface area contributed by atoms with E-state index in [1.807, 2.05) is 0 Å². The molecule has 1 N–H and O–H groups in total. The predicted molar refractivity (Wildman–Crippen MR) is 150 cm³/mol. The van der Waals surface area contributed by atoms with Crippen molar-refractivity contribution in [3.05, 3.63) is 62.1 Å². The minimum absolute atomic E-state index is 0.0872. The minimum Gasteiger partial charge on any atom is -0.501 e. The Morgan fingerprint density at radius 1 is 1.12 bits per heavy atom. The van der Waals surface area contributed by atoms with Crippen LogP contribution in [0, 0.1) is 5.82 Å². The van der Waals surface area contributed by atoms with E-state index in [1.54, 1.807) is 18.5 Å². The zero-order chi connectivity index (χ0) is 28.6. The van der Waals surface area contributed by atoms with Gasteiger partial charge in [0.25, 0.3) is 0 Å². The van der Waals surface area contributed by atoms with Gasteiger partial charge in [0.15, 0.2) is 4.96 Å². The predicted octanol–water partition coefficient (Wildman–Crippen LogP) is 2.20. The number of carbonyl (C=O) groups is 2. The Balaban J connectivity index is 1.41. The number of hydrogen-bond donors (Lipinski definition) is 1. The number of amides is 2. The molecule has 0 aliphatic carbocycles. The van der Waals surface area contributed by atoms with E-state index in [0.29, 0.717) is 35.3 Å². The fraction of sp³-hybridized carbons (Fsp3) is 0.346. The molecule has 3 aromatic heterocycles. The number of aromatic nitrogens is 3. The molecule has 0 saturated carbocycles. The first kappa shape index (κ1) is 27.8. The second-order valence-corrected chi connectivity index (χ2v) is 11.7. The fourth-order valence-electron chi connectivity index (χ4n) is 4.31. The Bertz CT molecular complexity index is 1640. The van der Waals surface area contributed by atoms with Crippen LogP contribution in [-0.4, -0.2) is 88.5 Å². The molecule has 14 heteroatoms. The molecule has 1 saturated heterocycles. The maximum atomic E-state index is 14.1. The monoisotopic (exact) mass is 586 g/mol. The van der Waals surface area contributed by atoms with Crippen LogP contribution in [0.4, 0.5) is 10.1 Å². The van der Waals surface area contributed by atoms with Crippen LogP contribution >= 0.6 is 22.7 Å². The fourth-order valence-corrected chi connectivity index (χ4v) is 6.25. The van der Waals surface area contributed by atoms with Crippen molar-refractivity contribution in [1.82, 2.24) is 24.2 Å². The third kappa shape index (κ3) is 5.61. The van der Waals surface area contributed by atoms with Crippen molar-refractivity contribution in [1.29, 1.82) is 0 Å². The van der Waals surface area contributed by atoms with Crippen molar-refractivity contribution >= 4 is 45.1 Å². The Kier molecular flexibility index (Phi) is 7.94. The van der Waals surface area contributed by atoms with E-state index < -0.39 is 28.9 Å². The van der Waals surface area contributed by atoms with Crippen LogP contribution in [-0.2, 0) is 27.3 Å². The van der Waals surface area contributed by atoms with Gasteiger partial charge in [0, 0.05) is 69.3 Å². The Hall–Kier alpha value is -3.72. The topological polar surface area (TPSA) is 121 Å². The van der Waals surface area contributed by atoms with Gasteiger partial charge >= 0.3 is 17.4 Å². The number of hydrogen-bond acceptors (Lipinski definition) is 10. The highest BCUT2D eigenvalue weighted by molar-refractivity contribution is 7.17. The van der Waals surface area contributed by atoms with E-state index >= 15 is 0 Å². The largest absolute Gasteiger partial charge is 0.501 e. The van der Waals surface area contributed by atoms with Crippen molar-refractivity contribution < 1.29 is 23.8 Å². The lowest BCUT2D eigenvalue weighted by atomic mass is 10.1. The number of carbonyl (C=O) groups excluding carboxylic acids is 2. The smallest absolute Gasteiger partial charge is 0.316 e. The summed E-state index contributed by atoms with van der Waals surface area (Å²) in [5.74, 6) is -2.58. The normalized spacial score (nSPS) is 14.0. The molecule has 1 aromatic carbocycles. The number of benzene rings is 1. The summed E-state index contributed by atoms with van der Waals surface area (Å²) in [4.78, 5) is 53.3. The Morgan fingerprint density at radius 3 is 2.60 bits per heavy atom. The lowest BCUT2D eigenvalue weighted by molar-refractivity contribution is -0.142. The van der Waals surface area contributed by atoms with Gasteiger partial charge in [0.1, 0.15) is 16.5 Å². The molecule has 40 heavy (non-hydrogen) atoms. The third-order valence-electron chi connectivity index (χ3n) is 6.46. The van der Waals surface area contributed by atoms with Crippen LogP contribution in [0.15, 0.2) is 35.4 Å². The molecule has 0 bridgehead atoms. The number of likely N-dealkylation sites (N-methyl/N-ethyl adjacent to an activating group) is 2. The minimum atomic E-state index is -0.798. The van der Waals surface area contributed by atoms with Gasteiger partial charge in [0.05, 0.1) is 18.9 Å². The maximum Gasteiger partial charge on any atom is 0.316 e. The van der Waals surface area contributed by atoms with E-state index in [0.717, 1.165) is 32.6 Å². The summed E-state index contributed by atoms with van der Waals surface area (Å²) in [6.07, 6.45) is 3.56. The summed E-state index contributed by atoms with van der Waals surface area (Å²) in [5, 5.41) is 11.1. The SMILES string of the molecule is CN(C)C(=O)C(=O)N(C)c1cc(F)ccc1Cc1cnc(-c2nc3sc(CN4CCOCC4)cn3c(=O)c2O)s1. The molecule has 2 amide bonds. The molecule has 1 aliphatic heterocycles. The quantitative estimate of drug-likeness (QED) is 0.342. The summed E-state index contributed by atoms with van der Waals surface area (Å²) in [5.41, 5.74) is 0.358. The zero-order valence-corrected chi connectivity index (χ0v) is 23.7. The number of thiazole rings is 2. The maximum absolute atomic E-state index is 14.1. The molecule has 0 atom stereocenters. The third-order valence-corrected chi connectivity index (χ3v) is 8.43. The lowest BCUT2D eigenvalue weighted by Gasteiger charge is -2.25. The zero-order valence-electron chi connectivity index (χ0n) is 22.1. The van der Waals surface area contributed by atoms with Crippen LogP contribution in [0.5, 0.6) is 5.75 Å². The summed E-state index contributed by atoms with van der Waals surface area (Å²) < 4.78 is 20.9. The van der Waals surface area contributed by atoms with Gasteiger partial charge in [-0.25, -0.2) is 14.4 Å². The summed E-state index contributed by atoms with van der Waals surface area (Å²) >= 11 is 2.60. The number of nitrogens with zero attached hydrogens (tertiary/aromatic N) is 6. The lowest BCUT2D eigenvalue weighted by Crippen LogP contribution is -2.40. The molecule has 5 rings (SSSR count). The Labute approximate surface area is 236 Å². The van der Waals surface area contributed by atoms with Crippen molar-refractivity contribution in [2.24, 2.45) is 0 Å². The van der Waals surface area contributed by atoms with Gasteiger partial charge in [-0.3, -0.25) is 23.7 Å². The van der Waals surface area contributed by atoms with Gasteiger partial charge < -0.3 is 19.6 Å². The number of ether oxygens (including phenoxy) is 1.